The van der Waals surface area contributed by atoms with Crippen LogP contribution >= 0.6 is 11.3 Å². The van der Waals surface area contributed by atoms with Crippen LogP contribution in [0.2, 0.25) is 0 Å². The molecule has 1 amide bonds. The molecule has 0 bridgehead atoms. The molecule has 1 rings (SSSR count). The van der Waals surface area contributed by atoms with Gasteiger partial charge in [-0.15, -0.1) is 0 Å². The van der Waals surface area contributed by atoms with E-state index >= 15 is 0 Å². The van der Waals surface area contributed by atoms with Gasteiger partial charge < -0.3 is 10.4 Å². The van der Waals surface area contributed by atoms with E-state index in [0.717, 1.165) is 12.0 Å². The second kappa shape index (κ2) is 5.46. The number of hydrogen-bond acceptors (Lipinski definition) is 3. The van der Waals surface area contributed by atoms with Gasteiger partial charge in [-0.25, -0.2) is 0 Å². The molecule has 4 heteroatoms. The number of hydrogen-bond donors (Lipinski definition) is 2. The number of nitrogens with one attached hydrogen (secondary N) is 1. The Hall–Kier alpha value is -0.870. The molecule has 0 radical (unpaired) electrons. The molecule has 0 saturated heterocycles. The molecule has 0 saturated carbocycles. The lowest BCUT2D eigenvalue weighted by Crippen LogP contribution is -2.40. The zero-order valence-electron chi connectivity index (χ0n) is 9.99. The number of amides is 1. The van der Waals surface area contributed by atoms with E-state index in [9.17, 15) is 9.90 Å². The predicted molar refractivity (Wildman–Crippen MR) is 66.4 cm³/mol. The molecule has 0 aromatic carbocycles. The minimum atomic E-state index is -0.983. The number of thiophene rings is 1. The molecule has 3 nitrogen and oxygen atoms in total. The molecule has 0 fully saturated rings. The van der Waals surface area contributed by atoms with Crippen LogP contribution in [0.5, 0.6) is 0 Å². The molecule has 2 unspecified atom stereocenters. The van der Waals surface area contributed by atoms with Crippen LogP contribution in [0.25, 0.3) is 0 Å². The highest BCUT2D eigenvalue weighted by molar-refractivity contribution is 7.08. The topological polar surface area (TPSA) is 49.3 Å². The van der Waals surface area contributed by atoms with Gasteiger partial charge in [0.25, 0.3) is 0 Å². The Morgan fingerprint density at radius 3 is 2.88 bits per heavy atom. The molecule has 0 aliphatic heterocycles. The van der Waals surface area contributed by atoms with Crippen molar-refractivity contribution in [2.75, 3.05) is 6.54 Å². The van der Waals surface area contributed by atoms with Crippen molar-refractivity contribution >= 4 is 17.2 Å². The highest BCUT2D eigenvalue weighted by Crippen LogP contribution is 2.22. The van der Waals surface area contributed by atoms with E-state index in [2.05, 4.69) is 5.32 Å². The second-order valence-electron chi connectivity index (χ2n) is 4.31. The van der Waals surface area contributed by atoms with E-state index in [1.807, 2.05) is 30.7 Å². The van der Waals surface area contributed by atoms with E-state index in [4.69, 9.17) is 0 Å². The third kappa shape index (κ3) is 3.32. The highest BCUT2D eigenvalue weighted by atomic mass is 32.1. The van der Waals surface area contributed by atoms with Gasteiger partial charge in [0.1, 0.15) is 5.60 Å². The van der Waals surface area contributed by atoms with Crippen LogP contribution in [0, 0.1) is 5.92 Å². The average Bonchev–Trinajstić information content (AvgIpc) is 2.78. The minimum Gasteiger partial charge on any atom is -0.384 e. The number of rotatable bonds is 5. The van der Waals surface area contributed by atoms with Crippen molar-refractivity contribution in [3.05, 3.63) is 22.4 Å². The van der Waals surface area contributed by atoms with Crippen LogP contribution in [0.4, 0.5) is 0 Å². The third-order valence-electron chi connectivity index (χ3n) is 2.81. The maximum absolute atomic E-state index is 11.6. The summed E-state index contributed by atoms with van der Waals surface area (Å²) < 4.78 is 0. The summed E-state index contributed by atoms with van der Waals surface area (Å²) in [7, 11) is 0. The maximum atomic E-state index is 11.6. The molecule has 2 atom stereocenters. The summed E-state index contributed by atoms with van der Waals surface area (Å²) in [5.41, 5.74) is -0.134. The Morgan fingerprint density at radius 1 is 1.69 bits per heavy atom. The van der Waals surface area contributed by atoms with Crippen molar-refractivity contribution in [1.29, 1.82) is 0 Å². The Labute approximate surface area is 100 Å². The van der Waals surface area contributed by atoms with Gasteiger partial charge in [0.15, 0.2) is 0 Å². The molecule has 2 N–H and O–H groups in total. The SMILES string of the molecule is CCC(C)C(=O)NCC(C)(O)c1ccsc1. The average molecular weight is 241 g/mol. The Bertz CT molecular complexity index is 333. The first-order chi connectivity index (χ1) is 7.47. The van der Waals surface area contributed by atoms with Gasteiger partial charge in [-0.2, -0.15) is 11.3 Å². The molecule has 1 heterocycles. The molecular weight excluding hydrogens is 222 g/mol. The monoisotopic (exact) mass is 241 g/mol. The van der Waals surface area contributed by atoms with Gasteiger partial charge in [-0.05, 0) is 35.7 Å². The summed E-state index contributed by atoms with van der Waals surface area (Å²) in [5, 5.41) is 16.8. The fraction of sp³-hybridized carbons (Fsp3) is 0.583. The lowest BCUT2D eigenvalue weighted by molar-refractivity contribution is -0.125. The van der Waals surface area contributed by atoms with E-state index in [-0.39, 0.29) is 18.4 Å². The largest absolute Gasteiger partial charge is 0.384 e. The van der Waals surface area contributed by atoms with Crippen LogP contribution < -0.4 is 5.32 Å². The van der Waals surface area contributed by atoms with Gasteiger partial charge in [0, 0.05) is 5.92 Å². The Morgan fingerprint density at radius 2 is 2.38 bits per heavy atom. The first-order valence-electron chi connectivity index (χ1n) is 5.50. The van der Waals surface area contributed by atoms with Crippen molar-refractivity contribution in [2.45, 2.75) is 32.8 Å². The smallest absolute Gasteiger partial charge is 0.222 e. The molecule has 0 aliphatic rings. The quantitative estimate of drug-likeness (QED) is 0.829. The fourth-order valence-electron chi connectivity index (χ4n) is 1.29. The maximum Gasteiger partial charge on any atom is 0.222 e. The molecule has 16 heavy (non-hydrogen) atoms. The van der Waals surface area contributed by atoms with Crippen molar-refractivity contribution in [2.24, 2.45) is 5.92 Å². The van der Waals surface area contributed by atoms with Crippen LogP contribution in [0.3, 0.4) is 0 Å². The molecule has 1 aromatic rings. The zero-order valence-corrected chi connectivity index (χ0v) is 10.8. The van der Waals surface area contributed by atoms with Crippen LogP contribution in [-0.2, 0) is 10.4 Å². The summed E-state index contributed by atoms with van der Waals surface area (Å²) in [6.07, 6.45) is 0.812. The fourth-order valence-corrected chi connectivity index (χ4v) is 2.07. The summed E-state index contributed by atoms with van der Waals surface area (Å²) in [5.74, 6) is -0.00345. The van der Waals surface area contributed by atoms with Crippen molar-refractivity contribution in [3.8, 4) is 0 Å². The van der Waals surface area contributed by atoms with Crippen molar-refractivity contribution < 1.29 is 9.90 Å². The summed E-state index contributed by atoms with van der Waals surface area (Å²) in [6.45, 7) is 5.83. The molecular formula is C12H19NO2S. The standard InChI is InChI=1S/C12H19NO2S/c1-4-9(2)11(14)13-8-12(3,15)10-5-6-16-7-10/h5-7,9,15H,4,8H2,1-3H3,(H,13,14). The summed E-state index contributed by atoms with van der Waals surface area (Å²) in [6, 6.07) is 1.88. The molecule has 0 spiro atoms. The summed E-state index contributed by atoms with van der Waals surface area (Å²) in [4.78, 5) is 11.6. The van der Waals surface area contributed by atoms with Gasteiger partial charge >= 0.3 is 0 Å². The van der Waals surface area contributed by atoms with Crippen LogP contribution in [0.15, 0.2) is 16.8 Å². The van der Waals surface area contributed by atoms with E-state index in [1.165, 1.54) is 11.3 Å². The van der Waals surface area contributed by atoms with Gasteiger partial charge in [-0.1, -0.05) is 13.8 Å². The van der Waals surface area contributed by atoms with Crippen molar-refractivity contribution in [3.63, 3.8) is 0 Å². The number of carbonyl (C=O) groups excluding carboxylic acids is 1. The Balaban J connectivity index is 2.52. The first-order valence-corrected chi connectivity index (χ1v) is 6.44. The summed E-state index contributed by atoms with van der Waals surface area (Å²) >= 11 is 1.54. The Kier molecular flexibility index (Phi) is 4.50. The van der Waals surface area contributed by atoms with Gasteiger partial charge in [0.2, 0.25) is 5.91 Å². The number of aliphatic hydroxyl groups is 1. The van der Waals surface area contributed by atoms with Crippen LogP contribution in [0.1, 0.15) is 32.8 Å². The first kappa shape index (κ1) is 13.2. The molecule has 1 aromatic heterocycles. The van der Waals surface area contributed by atoms with Gasteiger partial charge in [0.05, 0.1) is 6.54 Å². The van der Waals surface area contributed by atoms with Crippen LogP contribution in [-0.4, -0.2) is 17.6 Å². The zero-order chi connectivity index (χ0) is 12.2. The van der Waals surface area contributed by atoms with Gasteiger partial charge in [-0.3, -0.25) is 4.79 Å². The molecule has 90 valence electrons. The lowest BCUT2D eigenvalue weighted by atomic mass is 9.99. The van der Waals surface area contributed by atoms with E-state index in [1.54, 1.807) is 6.92 Å². The lowest BCUT2D eigenvalue weighted by Gasteiger charge is -2.23. The molecule has 0 aliphatic carbocycles. The van der Waals surface area contributed by atoms with E-state index < -0.39 is 5.60 Å². The number of carbonyl (C=O) groups is 1. The van der Waals surface area contributed by atoms with E-state index in [0.29, 0.717) is 0 Å². The predicted octanol–water partition coefficient (Wildman–Crippen LogP) is 2.12. The third-order valence-corrected chi connectivity index (χ3v) is 3.49. The highest BCUT2D eigenvalue weighted by Gasteiger charge is 2.24. The van der Waals surface area contributed by atoms with Crippen molar-refractivity contribution in [1.82, 2.24) is 5.32 Å². The second-order valence-corrected chi connectivity index (χ2v) is 5.09. The minimum absolute atomic E-state index is 0.00160. The normalized spacial score (nSPS) is 16.5.